The van der Waals surface area contributed by atoms with Crippen molar-refractivity contribution in [3.05, 3.63) is 47.4 Å². The summed E-state index contributed by atoms with van der Waals surface area (Å²) in [5.74, 6) is 0.543. The topological polar surface area (TPSA) is 108 Å². The number of methoxy groups -OCH3 is 3. The predicted octanol–water partition coefficient (Wildman–Crippen LogP) is 3.05. The molecule has 0 saturated carbocycles. The average Bonchev–Trinajstić information content (AvgIpc) is 3.20. The van der Waals surface area contributed by atoms with E-state index >= 15 is 0 Å². The molecule has 0 fully saturated rings. The number of rotatable bonds is 8. The number of fused-ring (bicyclic) bond motifs is 1. The van der Waals surface area contributed by atoms with E-state index in [9.17, 15) is 9.18 Å². The van der Waals surface area contributed by atoms with Gasteiger partial charge in [0.1, 0.15) is 28.9 Å². The molecule has 0 aliphatic rings. The number of nitriles is 1. The quantitative estimate of drug-likeness (QED) is 0.491. The van der Waals surface area contributed by atoms with E-state index in [2.05, 4.69) is 15.6 Å². The third kappa shape index (κ3) is 3.93. The first-order valence-corrected chi connectivity index (χ1v) is 9.06. The molecule has 3 rings (SSSR count). The van der Waals surface area contributed by atoms with Crippen molar-refractivity contribution in [2.45, 2.75) is 0 Å². The fourth-order valence-electron chi connectivity index (χ4n) is 3.11. The molecule has 0 aliphatic heterocycles. The van der Waals surface area contributed by atoms with Crippen LogP contribution in [0.4, 0.5) is 10.1 Å². The number of anilines is 1. The van der Waals surface area contributed by atoms with Gasteiger partial charge in [-0.05, 0) is 18.2 Å². The van der Waals surface area contributed by atoms with Crippen molar-refractivity contribution in [1.29, 1.82) is 5.26 Å². The number of halogens is 1. The summed E-state index contributed by atoms with van der Waals surface area (Å²) in [7, 11) is 4.56. The van der Waals surface area contributed by atoms with Gasteiger partial charge in [0, 0.05) is 24.5 Å². The van der Waals surface area contributed by atoms with Crippen LogP contribution in [0.1, 0.15) is 16.1 Å². The molecule has 156 valence electrons. The van der Waals surface area contributed by atoms with Crippen molar-refractivity contribution >= 4 is 22.5 Å². The molecule has 0 unspecified atom stereocenters. The van der Waals surface area contributed by atoms with Crippen molar-refractivity contribution in [3.8, 4) is 23.3 Å². The minimum absolute atomic E-state index is 0.0624. The Bertz CT molecular complexity index is 1120. The minimum Gasteiger partial charge on any atom is -0.496 e. The summed E-state index contributed by atoms with van der Waals surface area (Å²) in [6.45, 7) is 0.567. The Hall–Kier alpha value is -3.93. The van der Waals surface area contributed by atoms with Crippen LogP contribution in [-0.4, -0.2) is 45.3 Å². The van der Waals surface area contributed by atoms with E-state index in [1.54, 1.807) is 18.2 Å². The summed E-state index contributed by atoms with van der Waals surface area (Å²) < 4.78 is 29.7. The third-order valence-corrected chi connectivity index (χ3v) is 4.54. The number of benzene rings is 2. The highest BCUT2D eigenvalue weighted by molar-refractivity contribution is 6.02. The second-order valence-corrected chi connectivity index (χ2v) is 6.24. The molecule has 3 aromatic rings. The zero-order valence-electron chi connectivity index (χ0n) is 16.8. The van der Waals surface area contributed by atoms with E-state index in [1.165, 1.54) is 33.5 Å². The number of aromatic nitrogens is 1. The number of hydrogen-bond donors (Lipinski definition) is 3. The molecule has 1 amide bonds. The zero-order chi connectivity index (χ0) is 21.7. The van der Waals surface area contributed by atoms with E-state index in [0.717, 1.165) is 0 Å². The second-order valence-electron chi connectivity index (χ2n) is 6.24. The number of carbonyl (C=O) groups is 1. The van der Waals surface area contributed by atoms with Crippen LogP contribution in [0, 0.1) is 17.1 Å². The molecule has 0 saturated heterocycles. The molecule has 8 nitrogen and oxygen atoms in total. The first kappa shape index (κ1) is 20.8. The summed E-state index contributed by atoms with van der Waals surface area (Å²) >= 11 is 0. The number of hydrogen-bond acceptors (Lipinski definition) is 6. The fourth-order valence-corrected chi connectivity index (χ4v) is 3.11. The average molecular weight is 412 g/mol. The van der Waals surface area contributed by atoms with Crippen molar-refractivity contribution in [2.24, 2.45) is 0 Å². The van der Waals surface area contributed by atoms with Gasteiger partial charge in [-0.15, -0.1) is 0 Å². The molecule has 0 spiro atoms. The van der Waals surface area contributed by atoms with E-state index < -0.39 is 5.82 Å². The Morgan fingerprint density at radius 1 is 1.13 bits per heavy atom. The normalized spacial score (nSPS) is 10.4. The molecular formula is C21H21FN4O4. The summed E-state index contributed by atoms with van der Waals surface area (Å²) in [5, 5.41) is 15.4. The van der Waals surface area contributed by atoms with E-state index in [4.69, 9.17) is 19.5 Å². The van der Waals surface area contributed by atoms with Gasteiger partial charge in [-0.2, -0.15) is 5.26 Å². The molecule has 30 heavy (non-hydrogen) atoms. The maximum Gasteiger partial charge on any atom is 0.267 e. The molecule has 0 radical (unpaired) electrons. The molecule has 3 N–H and O–H groups in total. The maximum absolute atomic E-state index is 13.6. The molecule has 9 heteroatoms. The van der Waals surface area contributed by atoms with Gasteiger partial charge in [0.25, 0.3) is 5.91 Å². The van der Waals surface area contributed by atoms with Crippen molar-refractivity contribution in [3.63, 3.8) is 0 Å². The van der Waals surface area contributed by atoms with Crippen LogP contribution in [0.2, 0.25) is 0 Å². The number of nitrogens with one attached hydrogen (secondary N) is 3. The summed E-state index contributed by atoms with van der Waals surface area (Å²) in [6.07, 6.45) is 0. The van der Waals surface area contributed by atoms with Gasteiger partial charge in [0.05, 0.1) is 32.5 Å². The van der Waals surface area contributed by atoms with Gasteiger partial charge in [-0.1, -0.05) is 6.07 Å². The summed E-state index contributed by atoms with van der Waals surface area (Å²) in [5.41, 5.74) is 1.21. The monoisotopic (exact) mass is 412 g/mol. The SMILES string of the molecule is COc1cc(OC)c2cc(C(=O)NCCNc3cccc(F)c3C#N)[nH]c2c1OC. The Morgan fingerprint density at radius 2 is 1.90 bits per heavy atom. The van der Waals surface area contributed by atoms with E-state index in [0.29, 0.717) is 46.1 Å². The van der Waals surface area contributed by atoms with Gasteiger partial charge in [0.15, 0.2) is 11.5 Å². The van der Waals surface area contributed by atoms with Crippen molar-refractivity contribution in [1.82, 2.24) is 10.3 Å². The van der Waals surface area contributed by atoms with Crippen LogP contribution >= 0.6 is 0 Å². The molecule has 0 aliphatic carbocycles. The molecular weight excluding hydrogens is 391 g/mol. The number of carbonyl (C=O) groups excluding carboxylic acids is 1. The van der Waals surface area contributed by atoms with Gasteiger partial charge >= 0.3 is 0 Å². The smallest absolute Gasteiger partial charge is 0.267 e. The van der Waals surface area contributed by atoms with Gasteiger partial charge < -0.3 is 29.8 Å². The number of H-pyrrole nitrogens is 1. The highest BCUT2D eigenvalue weighted by Gasteiger charge is 2.19. The number of aromatic amines is 1. The number of amides is 1. The van der Waals surface area contributed by atoms with Crippen LogP contribution in [0.25, 0.3) is 10.9 Å². The third-order valence-electron chi connectivity index (χ3n) is 4.54. The van der Waals surface area contributed by atoms with Crippen LogP contribution in [0.5, 0.6) is 17.2 Å². The molecule has 0 atom stereocenters. The maximum atomic E-state index is 13.6. The van der Waals surface area contributed by atoms with Gasteiger partial charge in [-0.3, -0.25) is 4.79 Å². The Kier molecular flexibility index (Phi) is 6.27. The van der Waals surface area contributed by atoms with E-state index in [-0.39, 0.29) is 18.0 Å². The first-order valence-electron chi connectivity index (χ1n) is 9.06. The largest absolute Gasteiger partial charge is 0.496 e. The minimum atomic E-state index is -0.595. The highest BCUT2D eigenvalue weighted by Crippen LogP contribution is 2.41. The van der Waals surface area contributed by atoms with Crippen LogP contribution in [0.15, 0.2) is 30.3 Å². The lowest BCUT2D eigenvalue weighted by atomic mass is 10.2. The zero-order valence-corrected chi connectivity index (χ0v) is 16.8. The highest BCUT2D eigenvalue weighted by atomic mass is 19.1. The van der Waals surface area contributed by atoms with Gasteiger partial charge in [-0.25, -0.2) is 4.39 Å². The lowest BCUT2D eigenvalue weighted by molar-refractivity contribution is 0.0951. The predicted molar refractivity (Wildman–Crippen MR) is 110 cm³/mol. The van der Waals surface area contributed by atoms with Crippen LogP contribution in [0.3, 0.4) is 0 Å². The Morgan fingerprint density at radius 3 is 2.57 bits per heavy atom. The lowest BCUT2D eigenvalue weighted by Gasteiger charge is -2.11. The van der Waals surface area contributed by atoms with Crippen LogP contribution in [-0.2, 0) is 0 Å². The molecule has 0 bridgehead atoms. The molecule has 1 heterocycles. The first-order chi connectivity index (χ1) is 14.5. The summed E-state index contributed by atoms with van der Waals surface area (Å²) in [4.78, 5) is 15.6. The van der Waals surface area contributed by atoms with E-state index in [1.807, 2.05) is 6.07 Å². The van der Waals surface area contributed by atoms with Crippen molar-refractivity contribution < 1.29 is 23.4 Å². The second kappa shape index (κ2) is 9.05. The Labute approximate surface area is 172 Å². The molecule has 2 aromatic carbocycles. The van der Waals surface area contributed by atoms with Crippen LogP contribution < -0.4 is 24.8 Å². The fraction of sp³-hybridized carbons (Fsp3) is 0.238. The van der Waals surface area contributed by atoms with Gasteiger partial charge in [0.2, 0.25) is 0 Å². The van der Waals surface area contributed by atoms with Crippen molar-refractivity contribution in [2.75, 3.05) is 39.7 Å². The Balaban J connectivity index is 1.72. The summed E-state index contributed by atoms with van der Waals surface area (Å²) in [6, 6.07) is 9.51. The molecule has 1 aromatic heterocycles. The lowest BCUT2D eigenvalue weighted by Crippen LogP contribution is -2.29. The standard InChI is InChI=1S/C21H21FN4O4/c1-28-17-10-18(29-2)20(30-3)19-12(17)9-16(26-19)21(27)25-8-7-24-15-6-4-5-14(22)13(15)11-23/h4-6,9-10,24,26H,7-8H2,1-3H3,(H,25,27). The number of ether oxygens (including phenoxy) is 3. The number of nitrogens with zero attached hydrogens (tertiary/aromatic N) is 1.